The van der Waals surface area contributed by atoms with E-state index < -0.39 is 4.92 Å². The third-order valence-corrected chi connectivity index (χ3v) is 3.23. The minimum atomic E-state index is -0.533. The standard InChI is InChI=1S/C8H10N8O2S/c1-4-5(16(17)18)6(13-7(12-4)14-9)19-8-10-3-11-15(8)2/h3H,9H2,1-2H3,(H,12,13,14). The van der Waals surface area contributed by atoms with Crippen molar-refractivity contribution in [3.05, 3.63) is 22.1 Å². The number of aromatic nitrogens is 5. The molecule has 0 saturated heterocycles. The molecule has 3 N–H and O–H groups in total. The molecule has 10 nitrogen and oxygen atoms in total. The van der Waals surface area contributed by atoms with Gasteiger partial charge in [0.25, 0.3) is 0 Å². The van der Waals surface area contributed by atoms with E-state index in [4.69, 9.17) is 5.84 Å². The van der Waals surface area contributed by atoms with Crippen molar-refractivity contribution in [2.75, 3.05) is 5.43 Å². The molecule has 0 radical (unpaired) electrons. The quantitative estimate of drug-likeness (QED) is 0.350. The van der Waals surface area contributed by atoms with Crippen LogP contribution in [-0.4, -0.2) is 29.7 Å². The molecule has 0 fully saturated rings. The Hall–Kier alpha value is -2.27. The molecule has 2 aromatic rings. The molecule has 0 aliphatic rings. The number of nitrogens with two attached hydrogens (primary N) is 1. The lowest BCUT2D eigenvalue weighted by Crippen LogP contribution is -2.13. The Balaban J connectivity index is 2.50. The molecule has 2 heterocycles. The monoisotopic (exact) mass is 282 g/mol. The lowest BCUT2D eigenvalue weighted by molar-refractivity contribution is -0.389. The Morgan fingerprint density at radius 3 is 2.79 bits per heavy atom. The molecular formula is C8H10N8O2S. The summed E-state index contributed by atoms with van der Waals surface area (Å²) < 4.78 is 1.49. The minimum absolute atomic E-state index is 0.104. The summed E-state index contributed by atoms with van der Waals surface area (Å²) >= 11 is 1.02. The van der Waals surface area contributed by atoms with Crippen LogP contribution in [0.3, 0.4) is 0 Å². The number of hydrazine groups is 1. The molecule has 0 aromatic carbocycles. The number of nitrogens with zero attached hydrogens (tertiary/aromatic N) is 6. The van der Waals surface area contributed by atoms with Gasteiger partial charge in [-0.05, 0) is 18.7 Å². The summed E-state index contributed by atoms with van der Waals surface area (Å²) in [6.45, 7) is 1.52. The minimum Gasteiger partial charge on any atom is -0.292 e. The summed E-state index contributed by atoms with van der Waals surface area (Å²) in [6.07, 6.45) is 1.35. The van der Waals surface area contributed by atoms with Crippen molar-refractivity contribution in [1.82, 2.24) is 24.7 Å². The molecule has 0 aliphatic heterocycles. The first-order chi connectivity index (χ1) is 9.02. The van der Waals surface area contributed by atoms with Crippen LogP contribution in [0.15, 0.2) is 16.5 Å². The van der Waals surface area contributed by atoms with E-state index in [0.717, 1.165) is 11.8 Å². The topological polar surface area (TPSA) is 138 Å². The zero-order valence-corrected chi connectivity index (χ0v) is 10.9. The van der Waals surface area contributed by atoms with Crippen LogP contribution in [0, 0.1) is 17.0 Å². The highest BCUT2D eigenvalue weighted by molar-refractivity contribution is 7.99. The van der Waals surface area contributed by atoms with E-state index in [2.05, 4.69) is 25.5 Å². The first kappa shape index (κ1) is 13.2. The number of rotatable bonds is 4. The van der Waals surface area contributed by atoms with Gasteiger partial charge in [-0.1, -0.05) is 0 Å². The van der Waals surface area contributed by atoms with Gasteiger partial charge >= 0.3 is 5.69 Å². The zero-order chi connectivity index (χ0) is 14.0. The predicted octanol–water partition coefficient (Wildman–Crippen LogP) is 0.259. The third-order valence-electron chi connectivity index (χ3n) is 2.20. The van der Waals surface area contributed by atoms with Gasteiger partial charge in [0, 0.05) is 7.05 Å². The highest BCUT2D eigenvalue weighted by Crippen LogP contribution is 2.33. The first-order valence-electron chi connectivity index (χ1n) is 5.04. The van der Waals surface area contributed by atoms with Gasteiger partial charge in [0.1, 0.15) is 12.0 Å². The molecule has 0 saturated carbocycles. The summed E-state index contributed by atoms with van der Waals surface area (Å²) in [5.41, 5.74) is 2.31. The average molecular weight is 282 g/mol. The van der Waals surface area contributed by atoms with Crippen LogP contribution in [0.1, 0.15) is 5.69 Å². The van der Waals surface area contributed by atoms with Crippen molar-refractivity contribution in [2.45, 2.75) is 17.1 Å². The number of aryl methyl sites for hydroxylation is 2. The number of anilines is 1. The molecule has 100 valence electrons. The van der Waals surface area contributed by atoms with Gasteiger partial charge < -0.3 is 0 Å². The maximum Gasteiger partial charge on any atom is 0.322 e. The van der Waals surface area contributed by atoms with Gasteiger partial charge in [0.2, 0.25) is 5.95 Å². The number of nitro groups is 1. The normalized spacial score (nSPS) is 10.5. The lowest BCUT2D eigenvalue weighted by atomic mass is 10.4. The fourth-order valence-corrected chi connectivity index (χ4v) is 2.25. The van der Waals surface area contributed by atoms with Crippen molar-refractivity contribution in [2.24, 2.45) is 12.9 Å². The summed E-state index contributed by atoms with van der Waals surface area (Å²) in [7, 11) is 1.68. The van der Waals surface area contributed by atoms with Crippen molar-refractivity contribution < 1.29 is 4.92 Å². The maximum atomic E-state index is 11.1. The summed E-state index contributed by atoms with van der Waals surface area (Å²) in [5, 5.41) is 15.6. The zero-order valence-electron chi connectivity index (χ0n) is 10.1. The second kappa shape index (κ2) is 5.16. The molecule has 0 atom stereocenters. The molecular weight excluding hydrogens is 272 g/mol. The second-order valence-corrected chi connectivity index (χ2v) is 4.41. The summed E-state index contributed by atoms with van der Waals surface area (Å²) in [6, 6.07) is 0. The van der Waals surface area contributed by atoms with Gasteiger partial charge in [0.05, 0.1) is 4.92 Å². The molecule has 0 aliphatic carbocycles. The van der Waals surface area contributed by atoms with E-state index in [0.29, 0.717) is 5.16 Å². The Labute approximate surface area is 111 Å². The van der Waals surface area contributed by atoms with E-state index in [-0.39, 0.29) is 22.4 Å². The largest absolute Gasteiger partial charge is 0.322 e. The molecule has 2 rings (SSSR count). The van der Waals surface area contributed by atoms with Gasteiger partial charge in [0.15, 0.2) is 10.2 Å². The van der Waals surface area contributed by atoms with Crippen molar-refractivity contribution in [3.63, 3.8) is 0 Å². The number of hydrogen-bond donors (Lipinski definition) is 2. The van der Waals surface area contributed by atoms with E-state index in [1.807, 2.05) is 0 Å². The molecule has 0 amide bonds. The van der Waals surface area contributed by atoms with Gasteiger partial charge in [-0.2, -0.15) is 10.1 Å². The van der Waals surface area contributed by atoms with E-state index in [1.54, 1.807) is 7.05 Å². The Bertz CT molecular complexity index is 627. The van der Waals surface area contributed by atoms with Crippen LogP contribution in [-0.2, 0) is 7.05 Å². The highest BCUT2D eigenvalue weighted by atomic mass is 32.2. The molecule has 11 heteroatoms. The third kappa shape index (κ3) is 2.61. The fourth-order valence-electron chi connectivity index (χ4n) is 1.35. The maximum absolute atomic E-state index is 11.1. The molecule has 2 aromatic heterocycles. The number of nitrogens with one attached hydrogen (secondary N) is 1. The average Bonchev–Trinajstić information content (AvgIpc) is 2.73. The Morgan fingerprint density at radius 2 is 2.26 bits per heavy atom. The fraction of sp³-hybridized carbons (Fsp3) is 0.250. The van der Waals surface area contributed by atoms with Crippen LogP contribution >= 0.6 is 11.8 Å². The van der Waals surface area contributed by atoms with Gasteiger partial charge in [-0.25, -0.2) is 20.5 Å². The van der Waals surface area contributed by atoms with Crippen LogP contribution in [0.25, 0.3) is 0 Å². The van der Waals surface area contributed by atoms with Crippen molar-refractivity contribution in [1.29, 1.82) is 0 Å². The van der Waals surface area contributed by atoms with Crippen molar-refractivity contribution >= 4 is 23.4 Å². The van der Waals surface area contributed by atoms with E-state index >= 15 is 0 Å². The number of nitrogen functional groups attached to an aromatic ring is 1. The first-order valence-corrected chi connectivity index (χ1v) is 5.86. The highest BCUT2D eigenvalue weighted by Gasteiger charge is 2.24. The van der Waals surface area contributed by atoms with Crippen LogP contribution in [0.4, 0.5) is 11.6 Å². The SMILES string of the molecule is Cc1nc(NN)nc(Sc2ncnn2C)c1[N+](=O)[O-]. The second-order valence-electron chi connectivity index (χ2n) is 3.46. The van der Waals surface area contributed by atoms with Gasteiger partial charge in [-0.15, -0.1) is 0 Å². The molecule has 0 spiro atoms. The summed E-state index contributed by atoms with van der Waals surface area (Å²) in [5.74, 6) is 5.33. The van der Waals surface area contributed by atoms with Crippen LogP contribution in [0.2, 0.25) is 0 Å². The Morgan fingerprint density at radius 1 is 1.53 bits per heavy atom. The molecule has 0 unspecified atom stereocenters. The van der Waals surface area contributed by atoms with Crippen LogP contribution in [0.5, 0.6) is 0 Å². The van der Waals surface area contributed by atoms with Crippen molar-refractivity contribution in [3.8, 4) is 0 Å². The van der Waals surface area contributed by atoms with Crippen LogP contribution < -0.4 is 11.3 Å². The van der Waals surface area contributed by atoms with E-state index in [1.165, 1.54) is 17.9 Å². The lowest BCUT2D eigenvalue weighted by Gasteiger charge is -2.06. The Kier molecular flexibility index (Phi) is 3.57. The molecule has 19 heavy (non-hydrogen) atoms. The van der Waals surface area contributed by atoms with E-state index in [9.17, 15) is 10.1 Å². The summed E-state index contributed by atoms with van der Waals surface area (Å²) in [4.78, 5) is 22.4. The predicted molar refractivity (Wildman–Crippen MR) is 66.4 cm³/mol. The number of hydrogen-bond acceptors (Lipinski definition) is 9. The molecule has 0 bridgehead atoms. The van der Waals surface area contributed by atoms with Gasteiger partial charge in [-0.3, -0.25) is 15.5 Å². The smallest absolute Gasteiger partial charge is 0.292 e.